The molecule has 0 fully saturated rings. The quantitative estimate of drug-likeness (QED) is 0.264. The normalized spacial score (nSPS) is 11.5. The average Bonchev–Trinajstić information content (AvgIpc) is 3.26. The molecule has 0 atom stereocenters. The Kier molecular flexibility index (Phi) is 7.79. The van der Waals surface area contributed by atoms with E-state index in [-0.39, 0.29) is 5.91 Å². The standard InChI is InChI=1S/C31H33NO4/c1-6-35-29-18-30-27(28(19-36-30)25-11-10-20(2)14-21(25)3)17-26(29)22(4)15-31(33)32-13-12-23-8-7-9-24(16-23)34-5/h7-11,14-19H,6,12-13H2,1-5H3,(H,32,33)/b22-15+. The third kappa shape index (κ3) is 5.62. The first-order chi connectivity index (χ1) is 17.4. The minimum absolute atomic E-state index is 0.139. The number of allylic oxidation sites excluding steroid dienone is 1. The minimum atomic E-state index is -0.139. The Morgan fingerprint density at radius 2 is 1.89 bits per heavy atom. The highest BCUT2D eigenvalue weighted by Gasteiger charge is 2.16. The summed E-state index contributed by atoms with van der Waals surface area (Å²) in [4.78, 5) is 12.7. The zero-order valence-electron chi connectivity index (χ0n) is 21.6. The Morgan fingerprint density at radius 1 is 1.06 bits per heavy atom. The van der Waals surface area contributed by atoms with Crippen LogP contribution in [0, 0.1) is 13.8 Å². The maximum Gasteiger partial charge on any atom is 0.244 e. The van der Waals surface area contributed by atoms with Gasteiger partial charge in [-0.25, -0.2) is 0 Å². The van der Waals surface area contributed by atoms with Crippen LogP contribution in [0.5, 0.6) is 11.5 Å². The molecule has 1 heterocycles. The summed E-state index contributed by atoms with van der Waals surface area (Å²) in [5, 5.41) is 3.98. The number of carbonyl (C=O) groups excluding carboxylic acids is 1. The average molecular weight is 484 g/mol. The molecular weight excluding hydrogens is 450 g/mol. The summed E-state index contributed by atoms with van der Waals surface area (Å²) in [5.41, 5.74) is 8.14. The van der Waals surface area contributed by atoms with Gasteiger partial charge < -0.3 is 19.2 Å². The van der Waals surface area contributed by atoms with Gasteiger partial charge in [0.2, 0.25) is 5.91 Å². The molecule has 4 rings (SSSR count). The number of hydrogen-bond acceptors (Lipinski definition) is 4. The number of rotatable bonds is 9. The molecule has 0 spiro atoms. The Morgan fingerprint density at radius 3 is 2.64 bits per heavy atom. The maximum atomic E-state index is 12.7. The van der Waals surface area contributed by atoms with E-state index in [0.29, 0.717) is 18.9 Å². The summed E-state index contributed by atoms with van der Waals surface area (Å²) in [6.07, 6.45) is 4.15. The molecule has 5 heteroatoms. The predicted molar refractivity (Wildman–Crippen MR) is 146 cm³/mol. The second kappa shape index (κ2) is 11.2. The number of nitrogens with one attached hydrogen (secondary N) is 1. The van der Waals surface area contributed by atoms with Gasteiger partial charge in [0.25, 0.3) is 0 Å². The van der Waals surface area contributed by atoms with E-state index in [9.17, 15) is 4.79 Å². The molecule has 4 aromatic rings. The summed E-state index contributed by atoms with van der Waals surface area (Å²) >= 11 is 0. The van der Waals surface area contributed by atoms with Gasteiger partial charge in [0.15, 0.2) is 0 Å². The molecule has 5 nitrogen and oxygen atoms in total. The molecule has 0 aliphatic heterocycles. The number of fused-ring (bicyclic) bond motifs is 1. The molecule has 1 aromatic heterocycles. The molecule has 0 aliphatic carbocycles. The van der Waals surface area contributed by atoms with Crippen LogP contribution in [0.25, 0.3) is 27.7 Å². The zero-order chi connectivity index (χ0) is 25.7. The van der Waals surface area contributed by atoms with Crippen LogP contribution in [0.4, 0.5) is 0 Å². The lowest BCUT2D eigenvalue weighted by molar-refractivity contribution is -0.116. The molecule has 1 N–H and O–H groups in total. The van der Waals surface area contributed by atoms with Gasteiger partial charge in [-0.1, -0.05) is 35.9 Å². The summed E-state index contributed by atoms with van der Waals surface area (Å²) in [6.45, 7) is 9.13. The van der Waals surface area contributed by atoms with E-state index >= 15 is 0 Å². The molecule has 3 aromatic carbocycles. The molecule has 0 saturated carbocycles. The molecule has 36 heavy (non-hydrogen) atoms. The fourth-order valence-electron chi connectivity index (χ4n) is 4.45. The van der Waals surface area contributed by atoms with E-state index in [1.165, 1.54) is 11.1 Å². The lowest BCUT2D eigenvalue weighted by Crippen LogP contribution is -2.23. The van der Waals surface area contributed by atoms with Gasteiger partial charge in [-0.05, 0) is 74.6 Å². The predicted octanol–water partition coefficient (Wildman–Crippen LogP) is 6.89. The van der Waals surface area contributed by atoms with E-state index < -0.39 is 0 Å². The molecule has 0 bridgehead atoms. The monoisotopic (exact) mass is 483 g/mol. The van der Waals surface area contributed by atoms with Gasteiger partial charge in [0, 0.05) is 35.2 Å². The fourth-order valence-corrected chi connectivity index (χ4v) is 4.45. The number of aryl methyl sites for hydroxylation is 2. The smallest absolute Gasteiger partial charge is 0.244 e. The van der Waals surface area contributed by atoms with E-state index in [1.807, 2.05) is 44.2 Å². The van der Waals surface area contributed by atoms with Crippen LogP contribution in [0.1, 0.15) is 36.1 Å². The summed E-state index contributed by atoms with van der Waals surface area (Å²) in [5.74, 6) is 1.37. The van der Waals surface area contributed by atoms with Crippen LogP contribution < -0.4 is 14.8 Å². The SMILES string of the molecule is CCOc1cc2occ(-c3ccc(C)cc3C)c2cc1/C(C)=C/C(=O)NCCc1cccc(OC)c1. The minimum Gasteiger partial charge on any atom is -0.497 e. The number of benzene rings is 3. The highest BCUT2D eigenvalue weighted by atomic mass is 16.5. The molecule has 0 saturated heterocycles. The Bertz CT molecular complexity index is 1410. The van der Waals surface area contributed by atoms with Gasteiger partial charge in [-0.2, -0.15) is 0 Å². The highest BCUT2D eigenvalue weighted by molar-refractivity contribution is 6.00. The molecule has 0 radical (unpaired) electrons. The van der Waals surface area contributed by atoms with Crippen LogP contribution in [-0.2, 0) is 11.2 Å². The van der Waals surface area contributed by atoms with E-state index in [2.05, 4.69) is 43.4 Å². The van der Waals surface area contributed by atoms with Crippen LogP contribution in [-0.4, -0.2) is 26.2 Å². The third-order valence-corrected chi connectivity index (χ3v) is 6.27. The topological polar surface area (TPSA) is 60.7 Å². The van der Waals surface area contributed by atoms with Crippen LogP contribution in [0.15, 0.2) is 71.4 Å². The maximum absolute atomic E-state index is 12.7. The van der Waals surface area contributed by atoms with E-state index in [4.69, 9.17) is 13.9 Å². The van der Waals surface area contributed by atoms with Crippen molar-refractivity contribution < 1.29 is 18.7 Å². The third-order valence-electron chi connectivity index (χ3n) is 6.27. The van der Waals surface area contributed by atoms with Crippen LogP contribution in [0.3, 0.4) is 0 Å². The lowest BCUT2D eigenvalue weighted by atomic mass is 9.96. The van der Waals surface area contributed by atoms with Crippen molar-refractivity contribution in [3.8, 4) is 22.6 Å². The van der Waals surface area contributed by atoms with Crippen molar-refractivity contribution >= 4 is 22.4 Å². The first kappa shape index (κ1) is 25.1. The second-order valence-corrected chi connectivity index (χ2v) is 8.97. The summed E-state index contributed by atoms with van der Waals surface area (Å²) in [7, 11) is 1.65. The van der Waals surface area contributed by atoms with Gasteiger partial charge in [0.1, 0.15) is 17.1 Å². The van der Waals surface area contributed by atoms with Crippen molar-refractivity contribution in [2.45, 2.75) is 34.1 Å². The molecule has 186 valence electrons. The van der Waals surface area contributed by atoms with Gasteiger partial charge >= 0.3 is 0 Å². The van der Waals surface area contributed by atoms with Crippen molar-refractivity contribution in [3.63, 3.8) is 0 Å². The summed E-state index contributed by atoms with van der Waals surface area (Å²) in [6, 6.07) is 18.3. The zero-order valence-corrected chi connectivity index (χ0v) is 21.6. The molecular formula is C31H33NO4. The first-order valence-electron chi connectivity index (χ1n) is 12.2. The number of ether oxygens (including phenoxy) is 2. The Hall–Kier alpha value is -3.99. The first-order valence-corrected chi connectivity index (χ1v) is 12.2. The van der Waals surface area contributed by atoms with Gasteiger partial charge in [-0.15, -0.1) is 0 Å². The number of furan rings is 1. The molecule has 1 amide bonds. The van der Waals surface area contributed by atoms with Crippen LogP contribution >= 0.6 is 0 Å². The molecule has 0 unspecified atom stereocenters. The van der Waals surface area contributed by atoms with Crippen molar-refractivity contribution in [1.29, 1.82) is 0 Å². The number of hydrogen-bond donors (Lipinski definition) is 1. The van der Waals surface area contributed by atoms with Gasteiger partial charge in [0.05, 0.1) is 20.0 Å². The molecule has 0 aliphatic rings. The Labute approximate surface area is 212 Å². The van der Waals surface area contributed by atoms with E-state index in [0.717, 1.165) is 51.0 Å². The lowest BCUT2D eigenvalue weighted by Gasteiger charge is -2.12. The fraction of sp³-hybridized carbons (Fsp3) is 0.258. The van der Waals surface area contributed by atoms with Gasteiger partial charge in [-0.3, -0.25) is 4.79 Å². The number of carbonyl (C=O) groups is 1. The Balaban J connectivity index is 1.58. The number of amides is 1. The summed E-state index contributed by atoms with van der Waals surface area (Å²) < 4.78 is 17.1. The van der Waals surface area contributed by atoms with E-state index in [1.54, 1.807) is 19.4 Å². The van der Waals surface area contributed by atoms with Crippen molar-refractivity contribution in [3.05, 3.63) is 89.2 Å². The highest BCUT2D eigenvalue weighted by Crippen LogP contribution is 2.38. The van der Waals surface area contributed by atoms with Crippen molar-refractivity contribution in [2.75, 3.05) is 20.3 Å². The van der Waals surface area contributed by atoms with Crippen molar-refractivity contribution in [1.82, 2.24) is 5.32 Å². The van der Waals surface area contributed by atoms with Crippen molar-refractivity contribution in [2.24, 2.45) is 0 Å². The van der Waals surface area contributed by atoms with Crippen LogP contribution in [0.2, 0.25) is 0 Å². The second-order valence-electron chi connectivity index (χ2n) is 8.97. The largest absolute Gasteiger partial charge is 0.497 e. The number of methoxy groups -OCH3 is 1.